The number of esters is 2. The molecule has 0 radical (unpaired) electrons. The zero-order valence-electron chi connectivity index (χ0n) is 18.0. The molecule has 31 heavy (non-hydrogen) atoms. The highest BCUT2D eigenvalue weighted by atomic mass is 32.2. The normalized spacial score (nSPS) is 11.5. The Kier molecular flexibility index (Phi) is 6.86. The highest BCUT2D eigenvalue weighted by Gasteiger charge is 2.24. The number of ether oxygens (including phenoxy) is 2. The number of thioether (sulfide) groups is 1. The molecule has 0 aliphatic carbocycles. The minimum Gasteiger partial charge on any atom is -0.469 e. The van der Waals surface area contributed by atoms with Crippen molar-refractivity contribution in [1.82, 2.24) is 9.97 Å². The number of hydrogen-bond donors (Lipinski definition) is 1. The summed E-state index contributed by atoms with van der Waals surface area (Å²) in [6.45, 7) is 6.49. The van der Waals surface area contributed by atoms with Gasteiger partial charge >= 0.3 is 11.9 Å². The van der Waals surface area contributed by atoms with E-state index in [2.05, 4.69) is 55.0 Å². The number of H-pyrrole nitrogens is 1. The van der Waals surface area contributed by atoms with E-state index in [4.69, 9.17) is 9.47 Å². The van der Waals surface area contributed by atoms with Gasteiger partial charge in [-0.05, 0) is 23.1 Å². The fraction of sp³-hybridized carbons (Fsp3) is 0.364. The van der Waals surface area contributed by atoms with E-state index in [-0.39, 0.29) is 27.7 Å². The van der Waals surface area contributed by atoms with Crippen LogP contribution in [0.3, 0.4) is 0 Å². The van der Waals surface area contributed by atoms with Crippen LogP contribution in [-0.2, 0) is 31.9 Å². The number of methoxy groups -OCH3 is 2. The van der Waals surface area contributed by atoms with Gasteiger partial charge in [-0.1, -0.05) is 32.9 Å². The lowest BCUT2D eigenvalue weighted by Gasteiger charge is -2.19. The van der Waals surface area contributed by atoms with E-state index in [9.17, 15) is 14.4 Å². The number of fused-ring (bicyclic) bond motifs is 1. The molecule has 0 atom stereocenters. The molecule has 1 N–H and O–H groups in total. The van der Waals surface area contributed by atoms with Gasteiger partial charge in [-0.15, -0.1) is 23.1 Å². The molecule has 164 valence electrons. The third kappa shape index (κ3) is 5.16. The van der Waals surface area contributed by atoms with Crippen molar-refractivity contribution >= 4 is 45.3 Å². The molecule has 2 heterocycles. The van der Waals surface area contributed by atoms with Gasteiger partial charge in [0.1, 0.15) is 15.5 Å². The minimum atomic E-state index is -0.615. The predicted molar refractivity (Wildman–Crippen MR) is 122 cm³/mol. The zero-order valence-corrected chi connectivity index (χ0v) is 19.7. The van der Waals surface area contributed by atoms with Crippen molar-refractivity contribution in [2.24, 2.45) is 0 Å². The second-order valence-corrected chi connectivity index (χ2v) is 9.96. The molecule has 7 nitrogen and oxygen atoms in total. The Morgan fingerprint density at radius 1 is 1.13 bits per heavy atom. The van der Waals surface area contributed by atoms with Crippen LogP contribution in [0.5, 0.6) is 0 Å². The first-order valence-electron chi connectivity index (χ1n) is 9.57. The highest BCUT2D eigenvalue weighted by Crippen LogP contribution is 2.31. The average molecular weight is 461 g/mol. The van der Waals surface area contributed by atoms with E-state index in [0.29, 0.717) is 16.4 Å². The molecule has 1 aromatic carbocycles. The van der Waals surface area contributed by atoms with E-state index < -0.39 is 17.5 Å². The molecule has 0 bridgehead atoms. The number of nitrogens with zero attached hydrogens (tertiary/aromatic N) is 1. The van der Waals surface area contributed by atoms with Crippen LogP contribution in [0.2, 0.25) is 0 Å². The summed E-state index contributed by atoms with van der Waals surface area (Å²) in [5.74, 6) is -0.221. The van der Waals surface area contributed by atoms with Gasteiger partial charge in [-0.2, -0.15) is 0 Å². The third-order valence-corrected chi connectivity index (χ3v) is 6.85. The van der Waals surface area contributed by atoms with Crippen molar-refractivity contribution in [3.8, 4) is 0 Å². The van der Waals surface area contributed by atoms with E-state index in [1.165, 1.54) is 19.8 Å². The van der Waals surface area contributed by atoms with Gasteiger partial charge in [0.25, 0.3) is 5.56 Å². The first-order chi connectivity index (χ1) is 14.6. The molecule has 0 saturated heterocycles. The molecule has 0 spiro atoms. The van der Waals surface area contributed by atoms with Crippen LogP contribution >= 0.6 is 23.1 Å². The van der Waals surface area contributed by atoms with Crippen LogP contribution in [0.4, 0.5) is 0 Å². The fourth-order valence-electron chi connectivity index (χ4n) is 3.02. The molecule has 2 aromatic heterocycles. The standard InChI is InChI=1S/C22H24N2O5S2/c1-22(2,3)12-6-8-13(9-7-12)30-11-15-23-19(26)17-14(10-16(25)28-4)18(21(27)29-5)31-20(17)24-15/h6-9H,10-11H2,1-5H3,(H,23,24,26). The Bertz CT molecular complexity index is 1170. The van der Waals surface area contributed by atoms with E-state index in [1.54, 1.807) is 11.8 Å². The van der Waals surface area contributed by atoms with Gasteiger partial charge in [0, 0.05) is 10.5 Å². The maximum Gasteiger partial charge on any atom is 0.348 e. The van der Waals surface area contributed by atoms with Crippen molar-refractivity contribution in [2.75, 3.05) is 14.2 Å². The van der Waals surface area contributed by atoms with Gasteiger partial charge in [-0.25, -0.2) is 9.78 Å². The van der Waals surface area contributed by atoms with Crippen molar-refractivity contribution < 1.29 is 19.1 Å². The Morgan fingerprint density at radius 3 is 2.39 bits per heavy atom. The predicted octanol–water partition coefficient (Wildman–Crippen LogP) is 4.08. The lowest BCUT2D eigenvalue weighted by atomic mass is 9.87. The number of aromatic amines is 1. The number of thiophene rings is 1. The molecule has 0 aliphatic heterocycles. The van der Waals surface area contributed by atoms with Crippen molar-refractivity contribution in [1.29, 1.82) is 0 Å². The van der Waals surface area contributed by atoms with Crippen LogP contribution in [0.1, 0.15) is 47.4 Å². The number of rotatable bonds is 6. The number of aromatic nitrogens is 2. The van der Waals surface area contributed by atoms with Gasteiger partial charge in [-0.3, -0.25) is 9.59 Å². The summed E-state index contributed by atoms with van der Waals surface area (Å²) in [5.41, 5.74) is 1.22. The van der Waals surface area contributed by atoms with Crippen molar-refractivity contribution in [2.45, 2.75) is 43.3 Å². The Hall–Kier alpha value is -2.65. The molecule has 0 saturated carbocycles. The highest BCUT2D eigenvalue weighted by molar-refractivity contribution is 7.98. The first-order valence-corrected chi connectivity index (χ1v) is 11.4. The maximum atomic E-state index is 12.8. The SMILES string of the molecule is COC(=O)Cc1c(C(=O)OC)sc2nc(CSc3ccc(C(C)(C)C)cc3)[nH]c(=O)c12. The number of hydrogen-bond acceptors (Lipinski definition) is 8. The Labute approximate surface area is 188 Å². The largest absolute Gasteiger partial charge is 0.469 e. The van der Waals surface area contributed by atoms with Gasteiger partial charge < -0.3 is 14.5 Å². The minimum absolute atomic E-state index is 0.0828. The second kappa shape index (κ2) is 9.23. The maximum absolute atomic E-state index is 12.8. The molecule has 0 fully saturated rings. The Balaban J connectivity index is 1.90. The summed E-state index contributed by atoms with van der Waals surface area (Å²) in [4.78, 5) is 45.7. The van der Waals surface area contributed by atoms with Crippen LogP contribution in [0, 0.1) is 0 Å². The third-order valence-electron chi connectivity index (χ3n) is 4.73. The quantitative estimate of drug-likeness (QED) is 0.437. The molecular weight excluding hydrogens is 436 g/mol. The molecule has 3 aromatic rings. The van der Waals surface area contributed by atoms with E-state index in [0.717, 1.165) is 16.2 Å². The zero-order chi connectivity index (χ0) is 22.8. The molecule has 0 unspecified atom stereocenters. The van der Waals surface area contributed by atoms with Gasteiger partial charge in [0.15, 0.2) is 0 Å². The van der Waals surface area contributed by atoms with Crippen LogP contribution < -0.4 is 5.56 Å². The van der Waals surface area contributed by atoms with Crippen molar-refractivity contribution in [3.05, 3.63) is 56.4 Å². The van der Waals surface area contributed by atoms with Crippen LogP contribution in [-0.4, -0.2) is 36.1 Å². The molecular formula is C22H24N2O5S2. The number of nitrogens with one attached hydrogen (secondary N) is 1. The molecule has 9 heteroatoms. The molecule has 0 amide bonds. The summed E-state index contributed by atoms with van der Waals surface area (Å²) < 4.78 is 9.50. The smallest absolute Gasteiger partial charge is 0.348 e. The summed E-state index contributed by atoms with van der Waals surface area (Å²) in [5, 5.41) is 0.221. The lowest BCUT2D eigenvalue weighted by molar-refractivity contribution is -0.139. The number of carbonyl (C=O) groups excluding carboxylic acids is 2. The summed E-state index contributed by atoms with van der Waals surface area (Å²) in [7, 11) is 2.50. The fourth-order valence-corrected chi connectivity index (χ4v) is 4.92. The average Bonchev–Trinajstić information content (AvgIpc) is 3.09. The first kappa shape index (κ1) is 23.0. The topological polar surface area (TPSA) is 98.3 Å². The summed E-state index contributed by atoms with van der Waals surface area (Å²) >= 11 is 2.59. The number of carbonyl (C=O) groups is 2. The lowest BCUT2D eigenvalue weighted by Crippen LogP contribution is -2.15. The summed E-state index contributed by atoms with van der Waals surface area (Å²) in [6, 6.07) is 8.30. The van der Waals surface area contributed by atoms with Crippen LogP contribution in [0.25, 0.3) is 10.2 Å². The van der Waals surface area contributed by atoms with Gasteiger partial charge in [0.05, 0.1) is 31.8 Å². The van der Waals surface area contributed by atoms with Crippen molar-refractivity contribution in [3.63, 3.8) is 0 Å². The number of benzene rings is 1. The van der Waals surface area contributed by atoms with Gasteiger partial charge in [0.2, 0.25) is 0 Å². The molecule has 0 aliphatic rings. The summed E-state index contributed by atoms with van der Waals surface area (Å²) in [6.07, 6.45) is -0.208. The van der Waals surface area contributed by atoms with E-state index in [1.807, 2.05) is 0 Å². The monoisotopic (exact) mass is 460 g/mol. The van der Waals surface area contributed by atoms with Crippen LogP contribution in [0.15, 0.2) is 34.0 Å². The van der Waals surface area contributed by atoms with E-state index >= 15 is 0 Å². The Morgan fingerprint density at radius 2 is 1.81 bits per heavy atom. The molecule has 3 rings (SSSR count). The second-order valence-electron chi connectivity index (χ2n) is 7.91.